The molecule has 1 N–H and O–H groups in total. The molecule has 1 atom stereocenters. The lowest BCUT2D eigenvalue weighted by Gasteiger charge is -2.38. The number of nitrogens with zero attached hydrogens (tertiary/aromatic N) is 2. The van der Waals surface area contributed by atoms with E-state index in [9.17, 15) is 14.4 Å². The molecule has 4 rings (SSSR count). The third-order valence-corrected chi connectivity index (χ3v) is 7.58. The maximum Gasteiger partial charge on any atom is 0.236 e. The van der Waals surface area contributed by atoms with E-state index < -0.39 is 5.41 Å². The zero-order chi connectivity index (χ0) is 25.7. The lowest BCUT2D eigenvalue weighted by molar-refractivity contribution is -0.143. The minimum absolute atomic E-state index is 0.0330. The maximum atomic E-state index is 13.4. The van der Waals surface area contributed by atoms with Gasteiger partial charge in [0, 0.05) is 18.9 Å². The van der Waals surface area contributed by atoms with E-state index in [1.54, 1.807) is 7.11 Å². The summed E-state index contributed by atoms with van der Waals surface area (Å²) in [5.41, 5.74) is 1.44. The first-order chi connectivity index (χ1) is 17.3. The molecule has 2 aromatic rings. The van der Waals surface area contributed by atoms with Crippen molar-refractivity contribution in [2.45, 2.75) is 52.1 Å². The number of carbonyl (C=O) groups excluding carboxylic acids is 3. The third kappa shape index (κ3) is 5.78. The summed E-state index contributed by atoms with van der Waals surface area (Å²) in [6.45, 7) is 6.48. The Balaban J connectivity index is 1.34. The van der Waals surface area contributed by atoms with Crippen LogP contribution in [0.15, 0.2) is 54.6 Å². The number of ether oxygens (including phenoxy) is 1. The summed E-state index contributed by atoms with van der Waals surface area (Å²) in [6.07, 6.45) is 2.47. The van der Waals surface area contributed by atoms with Crippen LogP contribution < -0.4 is 10.1 Å². The third-order valence-electron chi connectivity index (χ3n) is 7.58. The van der Waals surface area contributed by atoms with Gasteiger partial charge in [-0.05, 0) is 55.6 Å². The van der Waals surface area contributed by atoms with Gasteiger partial charge in [-0.1, -0.05) is 56.3 Å². The molecule has 2 aliphatic rings. The van der Waals surface area contributed by atoms with E-state index in [1.165, 1.54) is 4.90 Å². The van der Waals surface area contributed by atoms with Crippen molar-refractivity contribution in [1.29, 1.82) is 0 Å². The summed E-state index contributed by atoms with van der Waals surface area (Å²) in [5, 5.41) is 3.19. The second-order valence-electron chi connectivity index (χ2n) is 10.3. The Morgan fingerprint density at radius 1 is 1.03 bits per heavy atom. The summed E-state index contributed by atoms with van der Waals surface area (Å²) in [5.74, 6) is 0.616. The van der Waals surface area contributed by atoms with Crippen molar-refractivity contribution in [3.05, 3.63) is 65.7 Å². The first-order valence-electron chi connectivity index (χ1n) is 12.9. The number of likely N-dealkylation sites (tertiary alicyclic amines) is 2. The van der Waals surface area contributed by atoms with E-state index in [0.717, 1.165) is 42.9 Å². The zero-order valence-electron chi connectivity index (χ0n) is 21.5. The molecule has 1 spiro atoms. The minimum Gasteiger partial charge on any atom is -0.497 e. The number of nitrogens with one attached hydrogen (secondary N) is 1. The molecule has 0 unspecified atom stereocenters. The van der Waals surface area contributed by atoms with Gasteiger partial charge in [-0.2, -0.15) is 0 Å². The van der Waals surface area contributed by atoms with E-state index in [-0.39, 0.29) is 29.7 Å². The summed E-state index contributed by atoms with van der Waals surface area (Å²) >= 11 is 0. The molecule has 0 aliphatic carbocycles. The standard InChI is InChI=1S/C29H37N3O4/c1-21(2)27(34)30-25(23-7-5-4-6-8-23)13-16-31-17-14-29(15-18-31)19-26(33)32(28(29)35)20-22-9-11-24(36-3)12-10-22/h4-12,21,25H,13-20H2,1-3H3,(H,30,34)/t25-/m0/s1. The van der Waals surface area contributed by atoms with Crippen molar-refractivity contribution >= 4 is 17.7 Å². The van der Waals surface area contributed by atoms with Crippen LogP contribution >= 0.6 is 0 Å². The molecule has 0 bridgehead atoms. The van der Waals surface area contributed by atoms with Gasteiger partial charge in [0.05, 0.1) is 25.1 Å². The Labute approximate surface area is 213 Å². The normalized spacial score (nSPS) is 18.6. The average molecular weight is 492 g/mol. The van der Waals surface area contributed by atoms with Crippen LogP contribution in [0, 0.1) is 11.3 Å². The van der Waals surface area contributed by atoms with Gasteiger partial charge in [-0.25, -0.2) is 0 Å². The van der Waals surface area contributed by atoms with Gasteiger partial charge in [0.15, 0.2) is 0 Å². The smallest absolute Gasteiger partial charge is 0.236 e. The van der Waals surface area contributed by atoms with Crippen molar-refractivity contribution < 1.29 is 19.1 Å². The molecule has 2 aromatic carbocycles. The fraction of sp³-hybridized carbons (Fsp3) is 0.483. The van der Waals surface area contributed by atoms with Crippen molar-refractivity contribution in [3.63, 3.8) is 0 Å². The quantitative estimate of drug-likeness (QED) is 0.538. The summed E-state index contributed by atoms with van der Waals surface area (Å²) in [6, 6.07) is 17.5. The highest BCUT2D eigenvalue weighted by molar-refractivity contribution is 6.05. The highest BCUT2D eigenvalue weighted by Crippen LogP contribution is 2.43. The van der Waals surface area contributed by atoms with Gasteiger partial charge in [-0.3, -0.25) is 19.3 Å². The number of carbonyl (C=O) groups is 3. The lowest BCUT2D eigenvalue weighted by atomic mass is 9.77. The molecule has 7 heteroatoms. The second kappa shape index (κ2) is 11.2. The van der Waals surface area contributed by atoms with Gasteiger partial charge >= 0.3 is 0 Å². The van der Waals surface area contributed by atoms with Gasteiger partial charge in [-0.15, -0.1) is 0 Å². The Hall–Kier alpha value is -3.19. The van der Waals surface area contributed by atoms with Crippen molar-refractivity contribution in [3.8, 4) is 5.75 Å². The molecule has 0 radical (unpaired) electrons. The summed E-state index contributed by atoms with van der Waals surface area (Å²) in [7, 11) is 1.61. The van der Waals surface area contributed by atoms with Crippen LogP contribution in [0.25, 0.3) is 0 Å². The predicted molar refractivity (Wildman–Crippen MR) is 138 cm³/mol. The van der Waals surface area contributed by atoms with E-state index in [4.69, 9.17) is 4.74 Å². The van der Waals surface area contributed by atoms with Crippen LogP contribution in [0.1, 0.15) is 56.7 Å². The first kappa shape index (κ1) is 25.9. The van der Waals surface area contributed by atoms with Gasteiger partial charge in [0.2, 0.25) is 17.7 Å². The second-order valence-corrected chi connectivity index (χ2v) is 10.3. The van der Waals surface area contributed by atoms with E-state index in [2.05, 4.69) is 22.3 Å². The molecule has 2 fully saturated rings. The Kier molecular flexibility index (Phi) is 8.09. The number of hydrogen-bond donors (Lipinski definition) is 1. The van der Waals surface area contributed by atoms with Crippen LogP contribution in [0.5, 0.6) is 5.75 Å². The SMILES string of the molecule is COc1ccc(CN2C(=O)CC3(CCN(CC[C@H](NC(=O)C(C)C)c4ccccc4)CC3)C2=O)cc1. The van der Waals surface area contributed by atoms with Crippen LogP contribution in [0.4, 0.5) is 0 Å². The van der Waals surface area contributed by atoms with Crippen LogP contribution in [0.3, 0.4) is 0 Å². The molecular weight excluding hydrogens is 454 g/mol. The first-order valence-corrected chi connectivity index (χ1v) is 12.9. The van der Waals surface area contributed by atoms with Crippen LogP contribution in [-0.4, -0.2) is 54.3 Å². The number of hydrogen-bond acceptors (Lipinski definition) is 5. The van der Waals surface area contributed by atoms with Gasteiger partial charge < -0.3 is 15.0 Å². The Bertz CT molecular complexity index is 1060. The highest BCUT2D eigenvalue weighted by atomic mass is 16.5. The van der Waals surface area contributed by atoms with Gasteiger partial charge in [0.25, 0.3) is 0 Å². The van der Waals surface area contributed by atoms with E-state index in [1.807, 2.05) is 56.3 Å². The monoisotopic (exact) mass is 491 g/mol. The van der Waals surface area contributed by atoms with Gasteiger partial charge in [0.1, 0.15) is 5.75 Å². The van der Waals surface area contributed by atoms with Crippen molar-refractivity contribution in [2.75, 3.05) is 26.7 Å². The largest absolute Gasteiger partial charge is 0.497 e. The number of methoxy groups -OCH3 is 1. The summed E-state index contributed by atoms with van der Waals surface area (Å²) in [4.78, 5) is 42.4. The van der Waals surface area contributed by atoms with Crippen molar-refractivity contribution in [2.24, 2.45) is 11.3 Å². The Morgan fingerprint density at radius 2 is 1.69 bits per heavy atom. The maximum absolute atomic E-state index is 13.4. The minimum atomic E-state index is -0.579. The van der Waals surface area contributed by atoms with Crippen molar-refractivity contribution in [1.82, 2.24) is 15.1 Å². The molecule has 7 nitrogen and oxygen atoms in total. The molecule has 0 aromatic heterocycles. The Morgan fingerprint density at radius 3 is 2.31 bits per heavy atom. The average Bonchev–Trinajstić information content (AvgIpc) is 3.12. The molecule has 2 saturated heterocycles. The number of piperidine rings is 1. The molecule has 36 heavy (non-hydrogen) atoms. The van der Waals surface area contributed by atoms with Crippen LogP contribution in [-0.2, 0) is 20.9 Å². The number of amides is 3. The lowest BCUT2D eigenvalue weighted by Crippen LogP contribution is -2.45. The molecular formula is C29H37N3O4. The molecule has 2 heterocycles. The molecule has 2 aliphatic heterocycles. The van der Waals surface area contributed by atoms with Crippen LogP contribution in [0.2, 0.25) is 0 Å². The number of benzene rings is 2. The molecule has 192 valence electrons. The predicted octanol–water partition coefficient (Wildman–Crippen LogP) is 3.94. The highest BCUT2D eigenvalue weighted by Gasteiger charge is 2.52. The number of imide groups is 1. The number of rotatable bonds is 9. The van der Waals surface area contributed by atoms with E-state index in [0.29, 0.717) is 25.8 Å². The van der Waals surface area contributed by atoms with E-state index >= 15 is 0 Å². The zero-order valence-corrected chi connectivity index (χ0v) is 21.5. The summed E-state index contributed by atoms with van der Waals surface area (Å²) < 4.78 is 5.20. The fourth-order valence-corrected chi connectivity index (χ4v) is 5.19. The topological polar surface area (TPSA) is 79.0 Å². The molecule has 0 saturated carbocycles. The molecule has 3 amide bonds. The fourth-order valence-electron chi connectivity index (χ4n) is 5.19.